The quantitative estimate of drug-likeness (QED) is 0.408. The SMILES string of the molecule is COC(=O)CCN(Cc1ccccc1)C(=O)CCc1nc2cc(S(=O)(=O)N(C)C)ccc2n1C. The Morgan fingerprint density at radius 2 is 1.76 bits per heavy atom. The molecule has 0 aliphatic carbocycles. The topological polar surface area (TPSA) is 102 Å². The fraction of sp³-hybridized carbons (Fsp3) is 0.375. The number of methoxy groups -OCH3 is 1. The second kappa shape index (κ2) is 10.8. The summed E-state index contributed by atoms with van der Waals surface area (Å²) in [5.41, 5.74) is 2.31. The lowest BCUT2D eigenvalue weighted by Gasteiger charge is -2.22. The number of ether oxygens (including phenoxy) is 1. The van der Waals surface area contributed by atoms with Crippen molar-refractivity contribution >= 4 is 32.9 Å². The van der Waals surface area contributed by atoms with Gasteiger partial charge in [-0.2, -0.15) is 0 Å². The molecule has 0 unspecified atom stereocenters. The van der Waals surface area contributed by atoms with Gasteiger partial charge in [-0.15, -0.1) is 0 Å². The summed E-state index contributed by atoms with van der Waals surface area (Å²) in [5.74, 6) is 0.204. The first-order valence-electron chi connectivity index (χ1n) is 10.9. The van der Waals surface area contributed by atoms with Crippen molar-refractivity contribution in [2.45, 2.75) is 30.7 Å². The van der Waals surface area contributed by atoms with Gasteiger partial charge >= 0.3 is 5.97 Å². The zero-order valence-corrected chi connectivity index (χ0v) is 20.7. The fourth-order valence-corrected chi connectivity index (χ4v) is 4.55. The number of aryl methyl sites for hydroxylation is 2. The molecule has 10 heteroatoms. The summed E-state index contributed by atoms with van der Waals surface area (Å²) in [4.78, 5) is 31.1. The summed E-state index contributed by atoms with van der Waals surface area (Å²) in [7, 11) is 2.56. The number of aromatic nitrogens is 2. The molecule has 0 bridgehead atoms. The van der Waals surface area contributed by atoms with Crippen LogP contribution in [0.5, 0.6) is 0 Å². The average Bonchev–Trinajstić information content (AvgIpc) is 3.15. The van der Waals surface area contributed by atoms with Crippen LogP contribution in [-0.4, -0.2) is 66.8 Å². The third-order valence-electron chi connectivity index (χ3n) is 5.67. The van der Waals surface area contributed by atoms with Gasteiger partial charge in [-0.1, -0.05) is 30.3 Å². The second-order valence-electron chi connectivity index (χ2n) is 8.15. The molecule has 0 aliphatic heterocycles. The predicted molar refractivity (Wildman–Crippen MR) is 128 cm³/mol. The number of hydrogen-bond acceptors (Lipinski definition) is 6. The third kappa shape index (κ3) is 5.81. The number of imidazole rings is 1. The molecule has 9 nitrogen and oxygen atoms in total. The van der Waals surface area contributed by atoms with Crippen LogP contribution in [-0.2, 0) is 44.4 Å². The van der Waals surface area contributed by atoms with Crippen LogP contribution in [0.15, 0.2) is 53.4 Å². The van der Waals surface area contributed by atoms with Gasteiger partial charge in [0.05, 0.1) is 29.5 Å². The molecule has 0 spiro atoms. The molecule has 1 heterocycles. The summed E-state index contributed by atoms with van der Waals surface area (Å²) < 4.78 is 32.6. The van der Waals surface area contributed by atoms with Gasteiger partial charge < -0.3 is 14.2 Å². The Morgan fingerprint density at radius 1 is 1.06 bits per heavy atom. The molecular weight excluding hydrogens is 456 g/mol. The first kappa shape index (κ1) is 25.4. The molecule has 0 fully saturated rings. The minimum absolute atomic E-state index is 0.101. The van der Waals surface area contributed by atoms with Gasteiger partial charge in [0.1, 0.15) is 5.82 Å². The van der Waals surface area contributed by atoms with Crippen LogP contribution in [0.25, 0.3) is 11.0 Å². The number of hydrogen-bond donors (Lipinski definition) is 0. The molecule has 0 atom stereocenters. The molecule has 3 aromatic rings. The first-order valence-corrected chi connectivity index (χ1v) is 12.3. The molecule has 0 aliphatic rings. The zero-order valence-electron chi connectivity index (χ0n) is 19.9. The fourth-order valence-electron chi connectivity index (χ4n) is 3.63. The lowest BCUT2D eigenvalue weighted by Crippen LogP contribution is -2.33. The molecule has 3 rings (SSSR count). The number of sulfonamides is 1. The lowest BCUT2D eigenvalue weighted by molar-refractivity contribution is -0.142. The van der Waals surface area contributed by atoms with Gasteiger partial charge in [-0.25, -0.2) is 17.7 Å². The predicted octanol–water partition coefficient (Wildman–Crippen LogP) is 2.35. The third-order valence-corrected chi connectivity index (χ3v) is 7.48. The molecule has 0 saturated carbocycles. The number of carbonyl (C=O) groups excluding carboxylic acids is 2. The minimum Gasteiger partial charge on any atom is -0.469 e. The van der Waals surface area contributed by atoms with Gasteiger partial charge in [0.25, 0.3) is 0 Å². The molecule has 0 radical (unpaired) electrons. The van der Waals surface area contributed by atoms with E-state index in [0.29, 0.717) is 24.3 Å². The summed E-state index contributed by atoms with van der Waals surface area (Å²) >= 11 is 0. The number of carbonyl (C=O) groups is 2. The Hall–Kier alpha value is -3.24. The van der Waals surface area contributed by atoms with Crippen molar-refractivity contribution in [2.24, 2.45) is 7.05 Å². The molecule has 34 heavy (non-hydrogen) atoms. The van der Waals surface area contributed by atoms with Crippen molar-refractivity contribution in [3.63, 3.8) is 0 Å². The minimum atomic E-state index is -3.57. The van der Waals surface area contributed by atoms with Crippen molar-refractivity contribution in [1.82, 2.24) is 18.8 Å². The van der Waals surface area contributed by atoms with E-state index in [1.165, 1.54) is 21.2 Å². The van der Waals surface area contributed by atoms with Gasteiger partial charge in [-0.05, 0) is 23.8 Å². The van der Waals surface area contributed by atoms with Crippen LogP contribution in [0.4, 0.5) is 0 Å². The second-order valence-corrected chi connectivity index (χ2v) is 10.3. The zero-order chi connectivity index (χ0) is 24.9. The maximum atomic E-state index is 13.1. The molecule has 1 aromatic heterocycles. The van der Waals surface area contributed by atoms with Crippen molar-refractivity contribution in [1.29, 1.82) is 0 Å². The van der Waals surface area contributed by atoms with E-state index in [-0.39, 0.29) is 36.2 Å². The Labute approximate surface area is 200 Å². The van der Waals surface area contributed by atoms with Crippen LogP contribution in [0.2, 0.25) is 0 Å². The van der Waals surface area contributed by atoms with E-state index in [9.17, 15) is 18.0 Å². The highest BCUT2D eigenvalue weighted by Gasteiger charge is 2.20. The molecule has 182 valence electrons. The molecule has 2 aromatic carbocycles. The number of amides is 1. The van der Waals surface area contributed by atoms with E-state index in [0.717, 1.165) is 15.4 Å². The van der Waals surface area contributed by atoms with E-state index >= 15 is 0 Å². The highest BCUT2D eigenvalue weighted by Crippen LogP contribution is 2.22. The summed E-state index contributed by atoms with van der Waals surface area (Å²) in [6.07, 6.45) is 0.696. The largest absolute Gasteiger partial charge is 0.469 e. The molecule has 0 saturated heterocycles. The Kier molecular flexibility index (Phi) is 8.06. The summed E-state index contributed by atoms with van der Waals surface area (Å²) in [5, 5.41) is 0. The monoisotopic (exact) mass is 486 g/mol. The Balaban J connectivity index is 1.76. The van der Waals surface area contributed by atoms with Crippen molar-refractivity contribution in [3.8, 4) is 0 Å². The summed E-state index contributed by atoms with van der Waals surface area (Å²) in [6, 6.07) is 14.4. The highest BCUT2D eigenvalue weighted by atomic mass is 32.2. The van der Waals surface area contributed by atoms with Gasteiger partial charge in [-0.3, -0.25) is 9.59 Å². The molecule has 0 N–H and O–H groups in total. The number of nitrogens with zero attached hydrogens (tertiary/aromatic N) is 4. The van der Waals surface area contributed by atoms with E-state index in [2.05, 4.69) is 4.98 Å². The maximum absolute atomic E-state index is 13.1. The normalized spacial score (nSPS) is 11.7. The van der Waals surface area contributed by atoms with E-state index in [4.69, 9.17) is 4.74 Å². The number of esters is 1. The van der Waals surface area contributed by atoms with Crippen molar-refractivity contribution in [2.75, 3.05) is 27.7 Å². The van der Waals surface area contributed by atoms with Crippen LogP contribution in [0.1, 0.15) is 24.2 Å². The Morgan fingerprint density at radius 3 is 2.41 bits per heavy atom. The Bertz CT molecular complexity index is 1270. The van der Waals surface area contributed by atoms with Gasteiger partial charge in [0, 0.05) is 47.1 Å². The number of benzene rings is 2. The van der Waals surface area contributed by atoms with Crippen molar-refractivity contribution < 1.29 is 22.7 Å². The number of rotatable bonds is 10. The average molecular weight is 487 g/mol. The van der Waals surface area contributed by atoms with E-state index in [1.54, 1.807) is 23.1 Å². The van der Waals surface area contributed by atoms with E-state index < -0.39 is 10.0 Å². The van der Waals surface area contributed by atoms with E-state index in [1.807, 2.05) is 41.9 Å². The van der Waals surface area contributed by atoms with Crippen LogP contribution in [0.3, 0.4) is 0 Å². The van der Waals surface area contributed by atoms with Gasteiger partial charge in [0.2, 0.25) is 15.9 Å². The van der Waals surface area contributed by atoms with Crippen molar-refractivity contribution in [3.05, 3.63) is 59.9 Å². The number of fused-ring (bicyclic) bond motifs is 1. The standard InChI is InChI=1S/C24H30N4O5S/c1-26(2)34(31,32)19-10-11-21-20(16-19)25-22(27(21)3)12-13-23(29)28(15-14-24(30)33-4)17-18-8-6-5-7-9-18/h5-11,16H,12-15,17H2,1-4H3. The summed E-state index contributed by atoms with van der Waals surface area (Å²) in [6.45, 7) is 0.652. The first-order chi connectivity index (χ1) is 16.1. The van der Waals surface area contributed by atoms with Crippen LogP contribution < -0.4 is 0 Å². The van der Waals surface area contributed by atoms with Crippen LogP contribution in [0, 0.1) is 0 Å². The molecule has 1 amide bonds. The smallest absolute Gasteiger partial charge is 0.307 e. The lowest BCUT2D eigenvalue weighted by atomic mass is 10.2. The highest BCUT2D eigenvalue weighted by molar-refractivity contribution is 7.89. The van der Waals surface area contributed by atoms with Crippen LogP contribution >= 0.6 is 0 Å². The maximum Gasteiger partial charge on any atom is 0.307 e. The van der Waals surface area contributed by atoms with Gasteiger partial charge in [0.15, 0.2) is 0 Å². The molecular formula is C24H30N4O5S.